The maximum Gasteiger partial charge on any atom is 0.407 e. The van der Waals surface area contributed by atoms with Crippen LogP contribution in [-0.4, -0.2) is 25.2 Å². The van der Waals surface area contributed by atoms with Gasteiger partial charge in [-0.25, -0.2) is 0 Å². The van der Waals surface area contributed by atoms with Crippen molar-refractivity contribution >= 4 is 5.96 Å². The van der Waals surface area contributed by atoms with Crippen molar-refractivity contribution in [3.8, 4) is 0 Å². The van der Waals surface area contributed by atoms with E-state index in [4.69, 9.17) is 11.1 Å². The largest absolute Gasteiger partial charge is 0.407 e. The lowest BCUT2D eigenvalue weighted by atomic mass is 10.0. The molecule has 0 bridgehead atoms. The minimum Gasteiger partial charge on any atom is -0.370 e. The van der Waals surface area contributed by atoms with Gasteiger partial charge in [0.15, 0.2) is 5.96 Å². The van der Waals surface area contributed by atoms with Crippen LogP contribution in [-0.2, 0) is 6.42 Å². The molecule has 4 nitrogen and oxygen atoms in total. The number of guanidine groups is 1. The summed E-state index contributed by atoms with van der Waals surface area (Å²) in [5.41, 5.74) is 6.31. The smallest absolute Gasteiger partial charge is 0.370 e. The fourth-order valence-electron chi connectivity index (χ4n) is 1.93. The molecule has 0 spiro atoms. The Hall–Kier alpha value is -1.76. The third-order valence-corrected chi connectivity index (χ3v) is 3.07. The Balaban J connectivity index is 2.61. The fraction of sp³-hybridized carbons (Fsp3) is 0.500. The molecule has 0 aromatic heterocycles. The average molecular weight is 302 g/mol. The Labute approximate surface area is 122 Å². The zero-order valence-corrected chi connectivity index (χ0v) is 11.9. The van der Waals surface area contributed by atoms with Crippen molar-refractivity contribution in [2.75, 3.05) is 13.1 Å². The fourth-order valence-corrected chi connectivity index (χ4v) is 1.93. The molecule has 1 aromatic rings. The first-order valence-corrected chi connectivity index (χ1v) is 6.81. The summed E-state index contributed by atoms with van der Waals surface area (Å²) in [5, 5.41) is 12.0. The van der Waals surface area contributed by atoms with Crippen LogP contribution in [0.3, 0.4) is 0 Å². The van der Waals surface area contributed by atoms with Crippen LogP contribution in [0.2, 0.25) is 0 Å². The lowest BCUT2D eigenvalue weighted by Gasteiger charge is -2.22. The SMILES string of the molecule is CCc1ccc(C(NCCCNC(=N)N)C(F)(F)F)cc1. The molecule has 21 heavy (non-hydrogen) atoms. The Morgan fingerprint density at radius 1 is 1.24 bits per heavy atom. The summed E-state index contributed by atoms with van der Waals surface area (Å²) in [6.07, 6.45) is -3.11. The molecule has 0 radical (unpaired) electrons. The highest BCUT2D eigenvalue weighted by atomic mass is 19.4. The summed E-state index contributed by atoms with van der Waals surface area (Å²) < 4.78 is 39.3. The van der Waals surface area contributed by atoms with Crippen LogP contribution in [0, 0.1) is 5.41 Å². The van der Waals surface area contributed by atoms with Crippen LogP contribution >= 0.6 is 0 Å². The second kappa shape index (κ2) is 7.87. The molecule has 0 aliphatic heterocycles. The lowest BCUT2D eigenvalue weighted by molar-refractivity contribution is -0.157. The monoisotopic (exact) mass is 302 g/mol. The molecule has 1 aromatic carbocycles. The number of halogens is 3. The van der Waals surface area contributed by atoms with Gasteiger partial charge in [-0.15, -0.1) is 0 Å². The van der Waals surface area contributed by atoms with E-state index in [-0.39, 0.29) is 18.1 Å². The van der Waals surface area contributed by atoms with Crippen LogP contribution in [0.15, 0.2) is 24.3 Å². The Morgan fingerprint density at radius 3 is 2.33 bits per heavy atom. The van der Waals surface area contributed by atoms with Crippen molar-refractivity contribution in [2.24, 2.45) is 5.73 Å². The molecule has 7 heteroatoms. The lowest BCUT2D eigenvalue weighted by Crippen LogP contribution is -2.37. The molecule has 0 saturated heterocycles. The van der Waals surface area contributed by atoms with Crippen molar-refractivity contribution in [2.45, 2.75) is 32.0 Å². The predicted molar refractivity (Wildman–Crippen MR) is 77.2 cm³/mol. The van der Waals surface area contributed by atoms with Crippen molar-refractivity contribution in [3.05, 3.63) is 35.4 Å². The van der Waals surface area contributed by atoms with E-state index in [1.807, 2.05) is 6.92 Å². The van der Waals surface area contributed by atoms with Gasteiger partial charge in [-0.3, -0.25) is 5.41 Å². The van der Waals surface area contributed by atoms with E-state index >= 15 is 0 Å². The number of nitrogens with one attached hydrogen (secondary N) is 3. The van der Waals surface area contributed by atoms with Crippen molar-refractivity contribution in [1.29, 1.82) is 5.41 Å². The van der Waals surface area contributed by atoms with Gasteiger partial charge in [0.25, 0.3) is 0 Å². The summed E-state index contributed by atoms with van der Waals surface area (Å²) in [4.78, 5) is 0. The van der Waals surface area contributed by atoms with Gasteiger partial charge in [0.1, 0.15) is 6.04 Å². The highest BCUT2D eigenvalue weighted by Crippen LogP contribution is 2.32. The van der Waals surface area contributed by atoms with Gasteiger partial charge in [0.2, 0.25) is 0 Å². The van der Waals surface area contributed by atoms with Gasteiger partial charge in [0.05, 0.1) is 0 Å². The second-order valence-corrected chi connectivity index (χ2v) is 4.72. The predicted octanol–water partition coefficient (Wildman–Crippen LogP) is 2.32. The number of hydrogen-bond donors (Lipinski definition) is 4. The number of aryl methyl sites for hydroxylation is 1. The first-order chi connectivity index (χ1) is 9.84. The molecule has 0 amide bonds. The third kappa shape index (κ3) is 6.03. The van der Waals surface area contributed by atoms with Crippen LogP contribution in [0.4, 0.5) is 13.2 Å². The molecule has 0 fully saturated rings. The van der Waals surface area contributed by atoms with Crippen LogP contribution in [0.25, 0.3) is 0 Å². The van der Waals surface area contributed by atoms with Crippen LogP contribution in [0.1, 0.15) is 30.5 Å². The Morgan fingerprint density at radius 2 is 1.86 bits per heavy atom. The molecule has 0 saturated carbocycles. The molecule has 1 rings (SSSR count). The number of hydrogen-bond acceptors (Lipinski definition) is 2. The zero-order valence-electron chi connectivity index (χ0n) is 11.9. The van der Waals surface area contributed by atoms with E-state index in [9.17, 15) is 13.2 Å². The Kier molecular flexibility index (Phi) is 6.48. The quantitative estimate of drug-likeness (QED) is 0.355. The highest BCUT2D eigenvalue weighted by Gasteiger charge is 2.40. The van der Waals surface area contributed by atoms with Gasteiger partial charge in [-0.05, 0) is 30.5 Å². The molecule has 1 atom stereocenters. The third-order valence-electron chi connectivity index (χ3n) is 3.07. The van der Waals surface area contributed by atoms with E-state index < -0.39 is 12.2 Å². The van der Waals surface area contributed by atoms with E-state index in [2.05, 4.69) is 10.6 Å². The summed E-state index contributed by atoms with van der Waals surface area (Å²) in [6.45, 7) is 2.50. The molecule has 0 aliphatic rings. The number of rotatable bonds is 7. The molecule has 5 N–H and O–H groups in total. The van der Waals surface area contributed by atoms with E-state index in [1.165, 1.54) is 12.1 Å². The maximum absolute atomic E-state index is 13.1. The summed E-state index contributed by atoms with van der Waals surface area (Å²) >= 11 is 0. The summed E-state index contributed by atoms with van der Waals surface area (Å²) in [5.74, 6) is -0.183. The first-order valence-electron chi connectivity index (χ1n) is 6.81. The number of benzene rings is 1. The molecule has 0 heterocycles. The van der Waals surface area contributed by atoms with Crippen LogP contribution in [0.5, 0.6) is 0 Å². The molecule has 0 aliphatic carbocycles. The standard InChI is InChI=1S/C14H21F3N4/c1-2-10-4-6-11(7-5-10)12(14(15,16)17)20-8-3-9-21-13(18)19/h4-7,12,20H,2-3,8-9H2,1H3,(H4,18,19,21). The van der Waals surface area contributed by atoms with E-state index in [0.717, 1.165) is 12.0 Å². The number of alkyl halides is 3. The van der Waals surface area contributed by atoms with Gasteiger partial charge in [0, 0.05) is 6.54 Å². The highest BCUT2D eigenvalue weighted by molar-refractivity contribution is 5.74. The zero-order chi connectivity index (χ0) is 15.9. The van der Waals surface area contributed by atoms with E-state index in [0.29, 0.717) is 13.0 Å². The molecular formula is C14H21F3N4. The van der Waals surface area contributed by atoms with Gasteiger partial charge >= 0.3 is 6.18 Å². The Bertz CT molecular complexity index is 443. The second-order valence-electron chi connectivity index (χ2n) is 4.72. The van der Waals surface area contributed by atoms with E-state index in [1.54, 1.807) is 12.1 Å². The van der Waals surface area contributed by atoms with Gasteiger partial charge in [-0.2, -0.15) is 13.2 Å². The summed E-state index contributed by atoms with van der Waals surface area (Å²) in [7, 11) is 0. The minimum absolute atomic E-state index is 0.181. The van der Waals surface area contributed by atoms with Gasteiger partial charge < -0.3 is 16.4 Å². The maximum atomic E-state index is 13.1. The topological polar surface area (TPSA) is 73.9 Å². The molecule has 118 valence electrons. The number of nitrogens with two attached hydrogens (primary N) is 1. The van der Waals surface area contributed by atoms with Gasteiger partial charge in [-0.1, -0.05) is 31.2 Å². The van der Waals surface area contributed by atoms with Crippen molar-refractivity contribution in [3.63, 3.8) is 0 Å². The van der Waals surface area contributed by atoms with Crippen LogP contribution < -0.4 is 16.4 Å². The molecule has 1 unspecified atom stereocenters. The van der Waals surface area contributed by atoms with Crippen molar-refractivity contribution in [1.82, 2.24) is 10.6 Å². The minimum atomic E-state index is -4.35. The normalized spacial score (nSPS) is 13.0. The summed E-state index contributed by atoms with van der Waals surface area (Å²) in [6, 6.07) is 4.77. The van der Waals surface area contributed by atoms with Crippen molar-refractivity contribution < 1.29 is 13.2 Å². The molecular weight excluding hydrogens is 281 g/mol. The average Bonchev–Trinajstić information content (AvgIpc) is 2.41. The first kappa shape index (κ1) is 17.3.